The van der Waals surface area contributed by atoms with Gasteiger partial charge in [-0.3, -0.25) is 4.90 Å². The van der Waals surface area contributed by atoms with Gasteiger partial charge in [-0.1, -0.05) is 11.3 Å². The summed E-state index contributed by atoms with van der Waals surface area (Å²) in [6.45, 7) is 6.15. The predicted molar refractivity (Wildman–Crippen MR) is 89.0 cm³/mol. The summed E-state index contributed by atoms with van der Waals surface area (Å²) in [6.07, 6.45) is 2.45. The van der Waals surface area contributed by atoms with Crippen LogP contribution >= 0.6 is 22.7 Å². The molecule has 1 N–H and O–H groups in total. The van der Waals surface area contributed by atoms with Crippen LogP contribution in [0.25, 0.3) is 4.96 Å². The fraction of sp³-hybridized carbons (Fsp3) is 0.467. The Morgan fingerprint density at radius 1 is 1.23 bits per heavy atom. The first kappa shape index (κ1) is 14.2. The van der Waals surface area contributed by atoms with Crippen molar-refractivity contribution in [1.29, 1.82) is 0 Å². The van der Waals surface area contributed by atoms with Crippen molar-refractivity contribution in [1.82, 2.24) is 19.5 Å². The number of nitrogens with zero attached hydrogens (tertiary/aromatic N) is 4. The molecule has 0 spiro atoms. The minimum Gasteiger partial charge on any atom is -0.492 e. The van der Waals surface area contributed by atoms with Crippen molar-refractivity contribution < 1.29 is 5.11 Å². The second-order valence-electron chi connectivity index (χ2n) is 5.76. The lowest BCUT2D eigenvalue weighted by Crippen LogP contribution is -2.25. The zero-order valence-corrected chi connectivity index (χ0v) is 14.2. The number of fused-ring (bicyclic) bond motifs is 1. The minimum absolute atomic E-state index is 0.122. The standard InChI is InChI=1S/C15H18N4OS2/c1-9-5-8-21-12(9)11(18-6-3-4-7-18)13-14(20)19-15(22-13)16-10(2)17-19/h5,8,11,20H,3-4,6-7H2,1-2H3/t11-/m1/s1. The summed E-state index contributed by atoms with van der Waals surface area (Å²) in [4.78, 5) is 9.92. The van der Waals surface area contributed by atoms with Gasteiger partial charge in [-0.15, -0.1) is 16.4 Å². The van der Waals surface area contributed by atoms with E-state index in [1.807, 2.05) is 6.92 Å². The molecule has 0 unspecified atom stereocenters. The summed E-state index contributed by atoms with van der Waals surface area (Å²) in [5.41, 5.74) is 1.29. The lowest BCUT2D eigenvalue weighted by atomic mass is 10.1. The van der Waals surface area contributed by atoms with Crippen molar-refractivity contribution in [3.8, 4) is 5.88 Å². The summed E-state index contributed by atoms with van der Waals surface area (Å²) >= 11 is 3.32. The van der Waals surface area contributed by atoms with E-state index in [4.69, 9.17) is 0 Å². The maximum Gasteiger partial charge on any atom is 0.230 e. The number of aromatic nitrogens is 3. The fourth-order valence-electron chi connectivity index (χ4n) is 3.14. The van der Waals surface area contributed by atoms with Gasteiger partial charge < -0.3 is 5.11 Å². The van der Waals surface area contributed by atoms with Crippen LogP contribution in [0.2, 0.25) is 0 Å². The number of aryl methyl sites for hydroxylation is 2. The third-order valence-electron chi connectivity index (χ3n) is 4.21. The molecule has 1 saturated heterocycles. The Morgan fingerprint density at radius 3 is 2.64 bits per heavy atom. The van der Waals surface area contributed by atoms with Gasteiger partial charge in [0.1, 0.15) is 5.82 Å². The molecular weight excluding hydrogens is 316 g/mol. The van der Waals surface area contributed by atoms with Crippen LogP contribution < -0.4 is 0 Å². The zero-order valence-electron chi connectivity index (χ0n) is 12.6. The fourth-order valence-corrected chi connectivity index (χ4v) is 5.43. The smallest absolute Gasteiger partial charge is 0.230 e. The number of thiazole rings is 1. The highest BCUT2D eigenvalue weighted by atomic mass is 32.1. The number of hydrogen-bond acceptors (Lipinski definition) is 6. The highest BCUT2D eigenvalue weighted by molar-refractivity contribution is 7.17. The Kier molecular flexibility index (Phi) is 3.43. The molecule has 1 fully saturated rings. The van der Waals surface area contributed by atoms with Gasteiger partial charge in [0.15, 0.2) is 0 Å². The predicted octanol–water partition coefficient (Wildman–Crippen LogP) is 3.36. The second-order valence-corrected chi connectivity index (χ2v) is 7.71. The molecular formula is C15H18N4OS2. The summed E-state index contributed by atoms with van der Waals surface area (Å²) in [7, 11) is 0. The second kappa shape index (κ2) is 5.33. The SMILES string of the molecule is Cc1nc2sc([C@@H](c3sccc3C)N3CCCC3)c(O)n2n1. The number of likely N-dealkylation sites (tertiary alicyclic amines) is 1. The number of hydrogen-bond donors (Lipinski definition) is 1. The molecule has 1 atom stereocenters. The lowest BCUT2D eigenvalue weighted by molar-refractivity contribution is 0.279. The van der Waals surface area contributed by atoms with Gasteiger partial charge in [0, 0.05) is 4.88 Å². The van der Waals surface area contributed by atoms with Gasteiger partial charge in [0.2, 0.25) is 10.8 Å². The van der Waals surface area contributed by atoms with Gasteiger partial charge in [-0.2, -0.15) is 4.52 Å². The van der Waals surface area contributed by atoms with Crippen molar-refractivity contribution in [2.75, 3.05) is 13.1 Å². The van der Waals surface area contributed by atoms with Crippen LogP contribution in [-0.4, -0.2) is 37.7 Å². The van der Waals surface area contributed by atoms with Crippen molar-refractivity contribution in [2.24, 2.45) is 0 Å². The van der Waals surface area contributed by atoms with E-state index in [1.54, 1.807) is 27.2 Å². The molecule has 116 valence electrons. The number of thiophene rings is 1. The van der Waals surface area contributed by atoms with E-state index >= 15 is 0 Å². The first-order chi connectivity index (χ1) is 10.6. The van der Waals surface area contributed by atoms with Gasteiger partial charge in [-0.05, 0) is 56.8 Å². The highest BCUT2D eigenvalue weighted by Crippen LogP contribution is 2.43. The summed E-state index contributed by atoms with van der Waals surface area (Å²) in [5.74, 6) is 0.934. The molecule has 22 heavy (non-hydrogen) atoms. The first-order valence-electron chi connectivity index (χ1n) is 7.48. The van der Waals surface area contributed by atoms with Crippen LogP contribution in [0.5, 0.6) is 5.88 Å². The van der Waals surface area contributed by atoms with Crippen LogP contribution in [0.4, 0.5) is 0 Å². The van der Waals surface area contributed by atoms with E-state index < -0.39 is 0 Å². The van der Waals surface area contributed by atoms with Crippen LogP contribution in [0.1, 0.15) is 40.0 Å². The molecule has 0 amide bonds. The largest absolute Gasteiger partial charge is 0.492 e. The molecule has 0 aliphatic carbocycles. The summed E-state index contributed by atoms with van der Waals surface area (Å²) in [5, 5.41) is 17.1. The lowest BCUT2D eigenvalue weighted by Gasteiger charge is -2.26. The van der Waals surface area contributed by atoms with E-state index in [0.29, 0.717) is 5.82 Å². The van der Waals surface area contributed by atoms with Crippen molar-refractivity contribution >= 4 is 27.6 Å². The van der Waals surface area contributed by atoms with E-state index in [1.165, 1.54) is 23.3 Å². The Hall–Kier alpha value is -1.44. The van der Waals surface area contributed by atoms with Gasteiger partial charge in [0.05, 0.1) is 10.9 Å². The first-order valence-corrected chi connectivity index (χ1v) is 9.18. The monoisotopic (exact) mass is 334 g/mol. The summed E-state index contributed by atoms with van der Waals surface area (Å²) in [6, 6.07) is 2.28. The van der Waals surface area contributed by atoms with Gasteiger partial charge in [-0.25, -0.2) is 4.98 Å². The highest BCUT2D eigenvalue weighted by Gasteiger charge is 2.32. The molecule has 0 radical (unpaired) electrons. The van der Waals surface area contributed by atoms with Crippen LogP contribution in [0.3, 0.4) is 0 Å². The van der Waals surface area contributed by atoms with Crippen LogP contribution in [-0.2, 0) is 0 Å². The van der Waals surface area contributed by atoms with Crippen molar-refractivity contribution in [3.05, 3.63) is 32.6 Å². The van der Waals surface area contributed by atoms with E-state index in [2.05, 4.69) is 33.4 Å². The third-order valence-corrected chi connectivity index (χ3v) is 6.35. The Labute approximate surface area is 136 Å². The maximum atomic E-state index is 10.7. The van der Waals surface area contributed by atoms with Gasteiger partial charge in [0.25, 0.3) is 0 Å². The molecule has 0 bridgehead atoms. The Morgan fingerprint density at radius 2 is 2.00 bits per heavy atom. The molecule has 3 aromatic rings. The van der Waals surface area contributed by atoms with E-state index in [0.717, 1.165) is 22.9 Å². The molecule has 1 aliphatic rings. The Balaban J connectivity index is 1.86. The summed E-state index contributed by atoms with van der Waals surface area (Å²) < 4.78 is 1.57. The van der Waals surface area contributed by atoms with Crippen LogP contribution in [0, 0.1) is 13.8 Å². The van der Waals surface area contributed by atoms with Crippen molar-refractivity contribution in [3.63, 3.8) is 0 Å². The quantitative estimate of drug-likeness (QED) is 0.798. The third kappa shape index (κ3) is 2.15. The average Bonchev–Trinajstić information content (AvgIpc) is 3.23. The average molecular weight is 334 g/mol. The van der Waals surface area contributed by atoms with E-state index in [9.17, 15) is 5.11 Å². The topological polar surface area (TPSA) is 53.7 Å². The molecule has 5 nitrogen and oxygen atoms in total. The molecule has 1 aliphatic heterocycles. The molecule has 0 aromatic carbocycles. The normalized spacial score (nSPS) is 17.5. The maximum absolute atomic E-state index is 10.7. The molecule has 7 heteroatoms. The minimum atomic E-state index is 0.122. The molecule has 4 rings (SSSR count). The molecule has 0 saturated carbocycles. The number of rotatable bonds is 3. The zero-order chi connectivity index (χ0) is 15.3. The van der Waals surface area contributed by atoms with Crippen LogP contribution in [0.15, 0.2) is 11.4 Å². The molecule has 3 aromatic heterocycles. The van der Waals surface area contributed by atoms with Crippen molar-refractivity contribution in [2.45, 2.75) is 32.7 Å². The molecule has 4 heterocycles. The van der Waals surface area contributed by atoms with E-state index in [-0.39, 0.29) is 11.9 Å². The Bertz CT molecular complexity index is 813. The van der Waals surface area contributed by atoms with Gasteiger partial charge >= 0.3 is 0 Å². The number of aromatic hydroxyl groups is 1.